The molecular weight excluding hydrogens is 336 g/mol. The molecule has 140 valence electrons. The number of aromatic amines is 1. The van der Waals surface area contributed by atoms with Crippen molar-refractivity contribution in [2.75, 3.05) is 31.3 Å². The second kappa shape index (κ2) is 7.45. The highest BCUT2D eigenvalue weighted by molar-refractivity contribution is 6.01. The van der Waals surface area contributed by atoms with Gasteiger partial charge in [0.25, 0.3) is 0 Å². The van der Waals surface area contributed by atoms with Crippen molar-refractivity contribution in [3.8, 4) is 0 Å². The number of aromatic nitrogens is 1. The Morgan fingerprint density at radius 2 is 1.85 bits per heavy atom. The number of urea groups is 1. The molecule has 27 heavy (non-hydrogen) atoms. The third-order valence-corrected chi connectivity index (χ3v) is 5.23. The molecular formula is C22H26N4O. The first kappa shape index (κ1) is 17.6. The van der Waals surface area contributed by atoms with Crippen LogP contribution in [-0.2, 0) is 12.8 Å². The highest BCUT2D eigenvalue weighted by atomic mass is 16.2. The minimum absolute atomic E-state index is 0.217. The first-order valence-corrected chi connectivity index (χ1v) is 9.48. The van der Waals surface area contributed by atoms with E-state index in [0.717, 1.165) is 47.6 Å². The maximum Gasteiger partial charge on any atom is 0.323 e. The molecule has 0 radical (unpaired) electrons. The van der Waals surface area contributed by atoms with Crippen LogP contribution in [-0.4, -0.2) is 36.6 Å². The molecule has 0 saturated carbocycles. The van der Waals surface area contributed by atoms with Crippen molar-refractivity contribution >= 4 is 28.3 Å². The molecule has 1 heterocycles. The number of carbonyl (C=O) groups excluding carboxylic acids is 1. The smallest absolute Gasteiger partial charge is 0.323 e. The molecule has 1 atom stereocenters. The Morgan fingerprint density at radius 1 is 1.07 bits per heavy atom. The highest BCUT2D eigenvalue weighted by Crippen LogP contribution is 2.28. The number of amides is 2. The second-order valence-corrected chi connectivity index (χ2v) is 7.71. The van der Waals surface area contributed by atoms with E-state index in [4.69, 9.17) is 0 Å². The maximum atomic E-state index is 12.4. The molecule has 5 nitrogen and oxygen atoms in total. The van der Waals surface area contributed by atoms with Gasteiger partial charge in [-0.05, 0) is 86.8 Å². The van der Waals surface area contributed by atoms with Crippen molar-refractivity contribution in [1.82, 2.24) is 9.88 Å². The predicted molar refractivity (Wildman–Crippen MR) is 111 cm³/mol. The van der Waals surface area contributed by atoms with Crippen LogP contribution >= 0.6 is 0 Å². The van der Waals surface area contributed by atoms with Gasteiger partial charge in [0.15, 0.2) is 0 Å². The van der Waals surface area contributed by atoms with E-state index >= 15 is 0 Å². The summed E-state index contributed by atoms with van der Waals surface area (Å²) in [7, 11) is 4.27. The van der Waals surface area contributed by atoms with Gasteiger partial charge in [0.05, 0.1) is 0 Å². The van der Waals surface area contributed by atoms with Crippen LogP contribution in [0.25, 0.3) is 10.9 Å². The number of hydrogen-bond donors (Lipinski definition) is 3. The standard InChI is InChI=1S/C22H26N4O/c1-26(2)14-15-3-4-17-12-19(6-5-16(17)11-15)24-22(27)25-20-7-8-21-18(13-20)9-10-23-21/h5-10,12-13,15,23H,3-4,11,14H2,1-2H3,(H2,24,25,27). The Kier molecular flexibility index (Phi) is 4.86. The van der Waals surface area contributed by atoms with Gasteiger partial charge in [-0.3, -0.25) is 0 Å². The molecule has 1 aliphatic carbocycles. The third-order valence-electron chi connectivity index (χ3n) is 5.23. The van der Waals surface area contributed by atoms with Gasteiger partial charge in [0, 0.05) is 35.0 Å². The van der Waals surface area contributed by atoms with Crippen LogP contribution in [0.1, 0.15) is 17.5 Å². The third kappa shape index (κ3) is 4.14. The van der Waals surface area contributed by atoms with E-state index in [2.05, 4.69) is 46.7 Å². The van der Waals surface area contributed by atoms with E-state index in [1.54, 1.807) is 0 Å². The van der Waals surface area contributed by atoms with Gasteiger partial charge in [-0.1, -0.05) is 6.07 Å². The summed E-state index contributed by atoms with van der Waals surface area (Å²) in [6, 6.07) is 13.9. The molecule has 0 fully saturated rings. The lowest BCUT2D eigenvalue weighted by Gasteiger charge is -2.27. The summed E-state index contributed by atoms with van der Waals surface area (Å²) in [5.41, 5.74) is 5.46. The van der Waals surface area contributed by atoms with Gasteiger partial charge in [-0.15, -0.1) is 0 Å². The molecule has 3 N–H and O–H groups in total. The Labute approximate surface area is 159 Å². The summed E-state index contributed by atoms with van der Waals surface area (Å²) < 4.78 is 0. The Balaban J connectivity index is 1.40. The first-order chi connectivity index (χ1) is 13.1. The second-order valence-electron chi connectivity index (χ2n) is 7.71. The molecule has 5 heteroatoms. The summed E-state index contributed by atoms with van der Waals surface area (Å²) in [5.74, 6) is 0.720. The number of nitrogens with one attached hydrogen (secondary N) is 3. The molecule has 0 aliphatic heterocycles. The van der Waals surface area contributed by atoms with Crippen molar-refractivity contribution < 1.29 is 4.79 Å². The van der Waals surface area contributed by atoms with E-state index in [1.807, 2.05) is 36.5 Å². The number of hydrogen-bond acceptors (Lipinski definition) is 2. The molecule has 3 aromatic rings. The quantitative estimate of drug-likeness (QED) is 0.641. The SMILES string of the molecule is CN(C)CC1CCc2cc(NC(=O)Nc3ccc4[nH]ccc4c3)ccc2C1. The Bertz CT molecular complexity index is 960. The fourth-order valence-electron chi connectivity index (χ4n) is 4.00. The highest BCUT2D eigenvalue weighted by Gasteiger charge is 2.19. The fraction of sp³-hybridized carbons (Fsp3) is 0.318. The summed E-state index contributed by atoms with van der Waals surface area (Å²) in [6.45, 7) is 1.13. The molecule has 2 amide bonds. The molecule has 1 aromatic heterocycles. The molecule has 2 aromatic carbocycles. The van der Waals surface area contributed by atoms with Crippen molar-refractivity contribution in [3.63, 3.8) is 0 Å². The minimum Gasteiger partial charge on any atom is -0.361 e. The van der Waals surface area contributed by atoms with Gasteiger partial charge in [-0.25, -0.2) is 4.79 Å². The molecule has 0 saturated heterocycles. The molecule has 1 aliphatic rings. The molecule has 0 spiro atoms. The summed E-state index contributed by atoms with van der Waals surface area (Å²) in [5, 5.41) is 6.95. The van der Waals surface area contributed by atoms with Crippen LogP contribution in [0.4, 0.5) is 16.2 Å². The molecule has 4 rings (SSSR count). The minimum atomic E-state index is -0.217. The number of fused-ring (bicyclic) bond motifs is 2. The molecule has 0 bridgehead atoms. The van der Waals surface area contributed by atoms with Crippen LogP contribution in [0.3, 0.4) is 0 Å². The van der Waals surface area contributed by atoms with E-state index in [0.29, 0.717) is 0 Å². The van der Waals surface area contributed by atoms with Crippen molar-refractivity contribution in [1.29, 1.82) is 0 Å². The number of rotatable bonds is 4. The maximum absolute atomic E-state index is 12.4. The van der Waals surface area contributed by atoms with Gasteiger partial charge in [0.2, 0.25) is 0 Å². The normalized spacial score (nSPS) is 16.3. The van der Waals surface area contributed by atoms with Crippen LogP contribution in [0, 0.1) is 5.92 Å². The van der Waals surface area contributed by atoms with Crippen molar-refractivity contribution in [2.45, 2.75) is 19.3 Å². The van der Waals surface area contributed by atoms with Crippen LogP contribution in [0.5, 0.6) is 0 Å². The summed E-state index contributed by atoms with van der Waals surface area (Å²) in [6.07, 6.45) is 5.30. The van der Waals surface area contributed by atoms with Gasteiger partial charge >= 0.3 is 6.03 Å². The van der Waals surface area contributed by atoms with E-state index in [1.165, 1.54) is 17.5 Å². The zero-order valence-corrected chi connectivity index (χ0v) is 15.9. The van der Waals surface area contributed by atoms with Crippen LogP contribution in [0.2, 0.25) is 0 Å². The zero-order chi connectivity index (χ0) is 18.8. The molecule has 1 unspecified atom stereocenters. The number of H-pyrrole nitrogens is 1. The van der Waals surface area contributed by atoms with Crippen LogP contribution in [0.15, 0.2) is 48.7 Å². The Hall–Kier alpha value is -2.79. The topological polar surface area (TPSA) is 60.2 Å². The largest absolute Gasteiger partial charge is 0.361 e. The van der Waals surface area contributed by atoms with Gasteiger partial charge < -0.3 is 20.5 Å². The first-order valence-electron chi connectivity index (χ1n) is 9.48. The monoisotopic (exact) mass is 362 g/mol. The number of benzene rings is 2. The number of aryl methyl sites for hydroxylation is 1. The average molecular weight is 362 g/mol. The lowest BCUT2D eigenvalue weighted by atomic mass is 9.83. The number of nitrogens with zero attached hydrogens (tertiary/aromatic N) is 1. The fourth-order valence-corrected chi connectivity index (χ4v) is 4.00. The predicted octanol–water partition coefficient (Wildman–Crippen LogP) is 4.48. The van der Waals surface area contributed by atoms with E-state index in [-0.39, 0.29) is 6.03 Å². The summed E-state index contributed by atoms with van der Waals surface area (Å²) in [4.78, 5) is 17.8. The number of anilines is 2. The Morgan fingerprint density at radius 3 is 2.67 bits per heavy atom. The van der Waals surface area contributed by atoms with Gasteiger partial charge in [-0.2, -0.15) is 0 Å². The number of carbonyl (C=O) groups is 1. The lowest BCUT2D eigenvalue weighted by molar-refractivity contribution is 0.262. The van der Waals surface area contributed by atoms with Gasteiger partial charge in [0.1, 0.15) is 0 Å². The average Bonchev–Trinajstić information content (AvgIpc) is 3.09. The van der Waals surface area contributed by atoms with E-state index in [9.17, 15) is 4.79 Å². The van der Waals surface area contributed by atoms with Crippen molar-refractivity contribution in [3.05, 3.63) is 59.8 Å². The van der Waals surface area contributed by atoms with Crippen LogP contribution < -0.4 is 10.6 Å². The van der Waals surface area contributed by atoms with E-state index < -0.39 is 0 Å². The zero-order valence-electron chi connectivity index (χ0n) is 15.9. The van der Waals surface area contributed by atoms with Crippen molar-refractivity contribution in [2.24, 2.45) is 5.92 Å². The summed E-state index contributed by atoms with van der Waals surface area (Å²) >= 11 is 0. The lowest BCUT2D eigenvalue weighted by Crippen LogP contribution is -2.26.